The summed E-state index contributed by atoms with van der Waals surface area (Å²) < 4.78 is 5.75. The first-order chi connectivity index (χ1) is 18.4. The van der Waals surface area contributed by atoms with E-state index < -0.39 is 27.1 Å². The Labute approximate surface area is 219 Å². The lowest BCUT2D eigenvalue weighted by molar-refractivity contribution is -0.394. The van der Waals surface area contributed by atoms with Crippen molar-refractivity contribution < 1.29 is 19.4 Å². The van der Waals surface area contributed by atoms with Gasteiger partial charge in [-0.05, 0) is 25.0 Å². The van der Waals surface area contributed by atoms with Crippen molar-refractivity contribution in [3.05, 3.63) is 56.1 Å². The maximum absolute atomic E-state index is 13.0. The van der Waals surface area contributed by atoms with Crippen LogP contribution in [0.1, 0.15) is 23.2 Å². The van der Waals surface area contributed by atoms with E-state index in [1.165, 1.54) is 4.90 Å². The number of aromatic nitrogens is 2. The Kier molecular flexibility index (Phi) is 7.60. The van der Waals surface area contributed by atoms with Crippen LogP contribution in [0.25, 0.3) is 0 Å². The highest BCUT2D eigenvalue weighted by Crippen LogP contribution is 2.25. The maximum atomic E-state index is 13.0. The zero-order chi connectivity index (χ0) is 26.6. The lowest BCUT2D eigenvalue weighted by atomic mass is 10.1. The number of amides is 1. The molecule has 14 heteroatoms. The summed E-state index contributed by atoms with van der Waals surface area (Å²) in [5.74, 6) is 1.08. The molecule has 1 unspecified atom stereocenters. The second-order valence-electron chi connectivity index (χ2n) is 9.70. The highest BCUT2D eigenvalue weighted by Gasteiger charge is 2.27. The first kappa shape index (κ1) is 25.7. The molecule has 0 radical (unpaired) electrons. The van der Waals surface area contributed by atoms with Gasteiger partial charge in [-0.25, -0.2) is 0 Å². The van der Waals surface area contributed by atoms with E-state index in [1.807, 2.05) is 17.0 Å². The Morgan fingerprint density at radius 2 is 1.42 bits per heavy atom. The van der Waals surface area contributed by atoms with E-state index in [0.29, 0.717) is 38.1 Å². The van der Waals surface area contributed by atoms with Crippen molar-refractivity contribution in [2.45, 2.75) is 18.9 Å². The van der Waals surface area contributed by atoms with Crippen LogP contribution < -0.4 is 9.80 Å². The van der Waals surface area contributed by atoms with Crippen LogP contribution in [0.3, 0.4) is 0 Å². The summed E-state index contributed by atoms with van der Waals surface area (Å²) in [6.45, 7) is 7.27. The Morgan fingerprint density at radius 3 is 1.89 bits per heavy atom. The van der Waals surface area contributed by atoms with E-state index in [9.17, 15) is 25.0 Å². The minimum absolute atomic E-state index is 0.0700. The molecule has 202 valence electrons. The van der Waals surface area contributed by atoms with E-state index in [0.717, 1.165) is 76.2 Å². The van der Waals surface area contributed by atoms with Crippen LogP contribution in [-0.4, -0.2) is 107 Å². The molecule has 0 saturated carbocycles. The highest BCUT2D eigenvalue weighted by molar-refractivity contribution is 5.95. The Morgan fingerprint density at radius 1 is 0.868 bits per heavy atom. The van der Waals surface area contributed by atoms with Gasteiger partial charge in [0.2, 0.25) is 0 Å². The van der Waals surface area contributed by atoms with Gasteiger partial charge in [-0.1, -0.05) is 0 Å². The Bertz CT molecular complexity index is 1140. The molecule has 0 N–H and O–H groups in total. The van der Waals surface area contributed by atoms with E-state index in [2.05, 4.69) is 20.0 Å². The van der Waals surface area contributed by atoms with Gasteiger partial charge in [0.1, 0.15) is 0 Å². The third-order valence-electron chi connectivity index (χ3n) is 7.28. The summed E-state index contributed by atoms with van der Waals surface area (Å²) in [5, 5.41) is 31.2. The van der Waals surface area contributed by atoms with E-state index >= 15 is 0 Å². The fraction of sp³-hybridized carbons (Fsp3) is 0.542. The summed E-state index contributed by atoms with van der Waals surface area (Å²) in [6, 6.07) is 6.91. The molecular formula is C24H30N8O6. The second-order valence-corrected chi connectivity index (χ2v) is 9.70. The van der Waals surface area contributed by atoms with Gasteiger partial charge in [-0.2, -0.15) is 0 Å². The molecule has 14 nitrogen and oxygen atoms in total. The number of anilines is 2. The SMILES string of the molecule is O=C(c1cc([N+](=O)[O-])cc([N+](=O)[O-])c1)N1CCN(c2ccc(N3CCN(CC4CCCO4)CC3)nn2)CC1. The van der Waals surface area contributed by atoms with Crippen LogP contribution in [0.5, 0.6) is 0 Å². The van der Waals surface area contributed by atoms with Crippen molar-refractivity contribution in [3.63, 3.8) is 0 Å². The normalized spacial score (nSPS) is 20.5. The topological polar surface area (TPSA) is 151 Å². The number of rotatable bonds is 7. The molecule has 3 aliphatic rings. The number of hydrogen-bond acceptors (Lipinski definition) is 11. The monoisotopic (exact) mass is 526 g/mol. The van der Waals surface area contributed by atoms with Gasteiger partial charge in [0.15, 0.2) is 11.6 Å². The molecule has 1 amide bonds. The first-order valence-electron chi connectivity index (χ1n) is 12.8. The van der Waals surface area contributed by atoms with E-state index in [4.69, 9.17) is 4.74 Å². The van der Waals surface area contributed by atoms with Crippen LogP contribution in [0.4, 0.5) is 23.0 Å². The predicted octanol–water partition coefficient (Wildman–Crippen LogP) is 1.56. The van der Waals surface area contributed by atoms with Crippen LogP contribution in [0.2, 0.25) is 0 Å². The lowest BCUT2D eigenvalue weighted by Crippen LogP contribution is -2.49. The number of nitrogens with zero attached hydrogens (tertiary/aromatic N) is 8. The van der Waals surface area contributed by atoms with Gasteiger partial charge in [0.25, 0.3) is 17.3 Å². The molecule has 38 heavy (non-hydrogen) atoms. The van der Waals surface area contributed by atoms with Crippen LogP contribution in [0.15, 0.2) is 30.3 Å². The van der Waals surface area contributed by atoms with Gasteiger partial charge < -0.3 is 19.4 Å². The molecule has 1 atom stereocenters. The molecule has 1 aromatic heterocycles. The van der Waals surface area contributed by atoms with Crippen LogP contribution >= 0.6 is 0 Å². The van der Waals surface area contributed by atoms with Crippen molar-refractivity contribution in [1.29, 1.82) is 0 Å². The fourth-order valence-electron chi connectivity index (χ4n) is 5.14. The fourth-order valence-corrected chi connectivity index (χ4v) is 5.14. The molecule has 2 aromatic rings. The average molecular weight is 527 g/mol. The number of piperazine rings is 2. The van der Waals surface area contributed by atoms with Gasteiger partial charge in [-0.3, -0.25) is 29.9 Å². The Balaban J connectivity index is 1.14. The second kappa shape index (κ2) is 11.2. The largest absolute Gasteiger partial charge is 0.377 e. The summed E-state index contributed by atoms with van der Waals surface area (Å²) in [5.41, 5.74) is -1.04. The van der Waals surface area contributed by atoms with Crippen molar-refractivity contribution in [3.8, 4) is 0 Å². The minimum Gasteiger partial charge on any atom is -0.377 e. The van der Waals surface area contributed by atoms with Crippen molar-refractivity contribution >= 4 is 28.9 Å². The number of nitro benzene ring substituents is 2. The molecule has 0 aliphatic carbocycles. The summed E-state index contributed by atoms with van der Waals surface area (Å²) in [7, 11) is 0. The molecule has 3 fully saturated rings. The van der Waals surface area contributed by atoms with Crippen molar-refractivity contribution in [1.82, 2.24) is 20.0 Å². The molecule has 4 heterocycles. The summed E-state index contributed by atoms with van der Waals surface area (Å²) in [6.07, 6.45) is 2.66. The molecular weight excluding hydrogens is 496 g/mol. The number of benzene rings is 1. The average Bonchev–Trinajstić information content (AvgIpc) is 3.46. The molecule has 5 rings (SSSR count). The standard InChI is InChI=1S/C24H30N8O6/c33-24(18-14-19(31(34)35)16-20(15-18)32(36)37)30-11-9-29(10-12-30)23-4-3-22(25-26-23)28-7-5-27(6-8-28)17-21-2-1-13-38-21/h3-4,14-16,21H,1-2,5-13,17H2. The van der Waals surface area contributed by atoms with Crippen LogP contribution in [-0.2, 0) is 4.74 Å². The van der Waals surface area contributed by atoms with E-state index in [-0.39, 0.29) is 5.56 Å². The molecule has 0 spiro atoms. The zero-order valence-corrected chi connectivity index (χ0v) is 21.0. The first-order valence-corrected chi connectivity index (χ1v) is 12.8. The minimum atomic E-state index is -0.741. The molecule has 1 aromatic carbocycles. The van der Waals surface area contributed by atoms with Gasteiger partial charge in [0, 0.05) is 77.6 Å². The van der Waals surface area contributed by atoms with Crippen molar-refractivity contribution in [2.24, 2.45) is 0 Å². The number of hydrogen-bond donors (Lipinski definition) is 0. The number of nitro groups is 2. The van der Waals surface area contributed by atoms with Gasteiger partial charge >= 0.3 is 0 Å². The maximum Gasteiger partial charge on any atom is 0.277 e. The number of carbonyl (C=O) groups excluding carboxylic acids is 1. The molecule has 3 aliphatic heterocycles. The lowest BCUT2D eigenvalue weighted by Gasteiger charge is -2.37. The number of non-ortho nitro benzene ring substituents is 2. The molecule has 3 saturated heterocycles. The number of carbonyl (C=O) groups is 1. The summed E-state index contributed by atoms with van der Waals surface area (Å²) >= 11 is 0. The third-order valence-corrected chi connectivity index (χ3v) is 7.28. The highest BCUT2D eigenvalue weighted by atomic mass is 16.6. The number of ether oxygens (including phenoxy) is 1. The summed E-state index contributed by atoms with van der Waals surface area (Å²) in [4.78, 5) is 42.0. The quantitative estimate of drug-likeness (QED) is 0.382. The van der Waals surface area contributed by atoms with Gasteiger partial charge in [0.05, 0.1) is 27.6 Å². The smallest absolute Gasteiger partial charge is 0.277 e. The van der Waals surface area contributed by atoms with Gasteiger partial charge in [-0.15, -0.1) is 10.2 Å². The third kappa shape index (κ3) is 5.81. The molecule has 0 bridgehead atoms. The van der Waals surface area contributed by atoms with Crippen LogP contribution in [0, 0.1) is 20.2 Å². The van der Waals surface area contributed by atoms with Crippen molar-refractivity contribution in [2.75, 3.05) is 75.3 Å². The zero-order valence-electron chi connectivity index (χ0n) is 21.0. The van der Waals surface area contributed by atoms with E-state index in [1.54, 1.807) is 0 Å². The Hall–Kier alpha value is -3.91. The predicted molar refractivity (Wildman–Crippen MR) is 138 cm³/mol.